The van der Waals surface area contributed by atoms with Gasteiger partial charge in [-0.25, -0.2) is 0 Å². The van der Waals surface area contributed by atoms with Gasteiger partial charge in [-0.2, -0.15) is 5.10 Å². The predicted molar refractivity (Wildman–Crippen MR) is 105 cm³/mol. The zero-order valence-corrected chi connectivity index (χ0v) is 16.1. The molecule has 6 heteroatoms. The molecular weight excluding hydrogens is 340 g/mol. The fraction of sp³-hybridized carbons (Fsp3) is 0.571. The van der Waals surface area contributed by atoms with Crippen LogP contribution in [0.3, 0.4) is 0 Å². The summed E-state index contributed by atoms with van der Waals surface area (Å²) in [6.45, 7) is 8.94. The lowest BCUT2D eigenvalue weighted by molar-refractivity contribution is 0.0250. The lowest BCUT2D eigenvalue weighted by Gasteiger charge is -2.30. The highest BCUT2D eigenvalue weighted by molar-refractivity contribution is 5.62. The smallest absolute Gasteiger partial charge is 0.0695 e. The van der Waals surface area contributed by atoms with E-state index in [0.29, 0.717) is 11.8 Å². The quantitative estimate of drug-likeness (QED) is 0.809. The van der Waals surface area contributed by atoms with Gasteiger partial charge in [-0.05, 0) is 11.5 Å². The molecule has 0 bridgehead atoms. The van der Waals surface area contributed by atoms with E-state index in [1.807, 2.05) is 19.4 Å². The summed E-state index contributed by atoms with van der Waals surface area (Å²) in [5, 5.41) is 7.50. The van der Waals surface area contributed by atoms with E-state index >= 15 is 0 Å². The number of morpholine rings is 1. The Morgan fingerprint density at radius 3 is 2.67 bits per heavy atom. The Morgan fingerprint density at radius 1 is 1.11 bits per heavy atom. The molecule has 2 unspecified atom stereocenters. The Labute approximate surface area is 161 Å². The maximum atomic E-state index is 5.53. The number of likely N-dealkylation sites (tertiary alicyclic amines) is 1. The van der Waals surface area contributed by atoms with Crippen molar-refractivity contribution < 1.29 is 9.47 Å². The Hall–Kier alpha value is -1.73. The minimum absolute atomic E-state index is 0.588. The summed E-state index contributed by atoms with van der Waals surface area (Å²) < 4.78 is 11.0. The molecule has 1 aromatic carbocycles. The monoisotopic (exact) mass is 370 g/mol. The number of aromatic nitrogens is 2. The van der Waals surface area contributed by atoms with Crippen molar-refractivity contribution in [2.75, 3.05) is 59.7 Å². The Kier molecular flexibility index (Phi) is 6.19. The average Bonchev–Trinajstić information content (AvgIpc) is 3.31. The van der Waals surface area contributed by atoms with Gasteiger partial charge in [-0.15, -0.1) is 0 Å². The van der Waals surface area contributed by atoms with Crippen LogP contribution in [0.25, 0.3) is 11.3 Å². The van der Waals surface area contributed by atoms with Gasteiger partial charge in [0.2, 0.25) is 0 Å². The average molecular weight is 370 g/mol. The largest absolute Gasteiger partial charge is 0.384 e. The van der Waals surface area contributed by atoms with E-state index in [-0.39, 0.29) is 0 Å². The van der Waals surface area contributed by atoms with Gasteiger partial charge in [-0.3, -0.25) is 14.9 Å². The second-order valence-electron chi connectivity index (χ2n) is 7.72. The SMILES string of the molecule is COCC1CN(Cc2cn[nH]c2-c2ccccc2)CC1CN1CCOCC1. The first-order valence-corrected chi connectivity index (χ1v) is 9.92. The van der Waals surface area contributed by atoms with Crippen LogP contribution < -0.4 is 0 Å². The molecule has 27 heavy (non-hydrogen) atoms. The number of nitrogens with zero attached hydrogens (tertiary/aromatic N) is 3. The number of hydrogen-bond acceptors (Lipinski definition) is 5. The number of rotatable bonds is 7. The Balaban J connectivity index is 1.42. The minimum Gasteiger partial charge on any atom is -0.384 e. The highest BCUT2D eigenvalue weighted by Crippen LogP contribution is 2.29. The summed E-state index contributed by atoms with van der Waals surface area (Å²) >= 11 is 0. The van der Waals surface area contributed by atoms with Gasteiger partial charge in [0, 0.05) is 57.9 Å². The van der Waals surface area contributed by atoms with Crippen molar-refractivity contribution in [3.8, 4) is 11.3 Å². The molecule has 2 aromatic rings. The minimum atomic E-state index is 0.588. The maximum absolute atomic E-state index is 5.53. The van der Waals surface area contributed by atoms with E-state index in [1.54, 1.807) is 0 Å². The van der Waals surface area contributed by atoms with E-state index in [9.17, 15) is 0 Å². The number of aromatic amines is 1. The summed E-state index contributed by atoms with van der Waals surface area (Å²) in [5.74, 6) is 1.24. The summed E-state index contributed by atoms with van der Waals surface area (Å²) in [5.41, 5.74) is 3.60. The van der Waals surface area contributed by atoms with Crippen LogP contribution in [0.5, 0.6) is 0 Å². The molecule has 2 atom stereocenters. The Morgan fingerprint density at radius 2 is 1.89 bits per heavy atom. The first-order chi connectivity index (χ1) is 13.3. The third-order valence-electron chi connectivity index (χ3n) is 5.80. The lowest BCUT2D eigenvalue weighted by Crippen LogP contribution is -2.41. The zero-order valence-electron chi connectivity index (χ0n) is 16.1. The molecule has 2 saturated heterocycles. The highest BCUT2D eigenvalue weighted by atomic mass is 16.5. The van der Waals surface area contributed by atoms with Gasteiger partial charge in [-0.1, -0.05) is 30.3 Å². The predicted octanol–water partition coefficient (Wildman–Crippen LogP) is 2.10. The molecule has 0 amide bonds. The molecule has 0 aliphatic carbocycles. The van der Waals surface area contributed by atoms with Crippen LogP contribution in [0, 0.1) is 11.8 Å². The molecule has 0 radical (unpaired) electrons. The van der Waals surface area contributed by atoms with Crippen molar-refractivity contribution >= 4 is 0 Å². The van der Waals surface area contributed by atoms with Crippen LogP contribution in [0.2, 0.25) is 0 Å². The van der Waals surface area contributed by atoms with Crippen LogP contribution in [-0.2, 0) is 16.0 Å². The summed E-state index contributed by atoms with van der Waals surface area (Å²) in [6.07, 6.45) is 1.98. The standard InChI is InChI=1S/C21H30N4O2/c1-26-16-20-15-25(14-19(20)13-24-7-9-27-10-8-24)12-18-11-22-23-21(18)17-5-3-2-4-6-17/h2-6,11,19-20H,7-10,12-16H2,1H3,(H,22,23). The van der Waals surface area contributed by atoms with E-state index < -0.39 is 0 Å². The first-order valence-electron chi connectivity index (χ1n) is 9.92. The van der Waals surface area contributed by atoms with Gasteiger partial charge in [0.1, 0.15) is 0 Å². The summed E-state index contributed by atoms with van der Waals surface area (Å²) in [6, 6.07) is 10.5. The van der Waals surface area contributed by atoms with Crippen molar-refractivity contribution in [3.05, 3.63) is 42.1 Å². The van der Waals surface area contributed by atoms with Crippen molar-refractivity contribution in [1.82, 2.24) is 20.0 Å². The van der Waals surface area contributed by atoms with Crippen LogP contribution in [0.1, 0.15) is 5.56 Å². The molecular formula is C21H30N4O2. The second-order valence-corrected chi connectivity index (χ2v) is 7.72. The number of H-pyrrole nitrogens is 1. The van der Waals surface area contributed by atoms with Crippen LogP contribution in [0.4, 0.5) is 0 Å². The number of nitrogens with one attached hydrogen (secondary N) is 1. The highest BCUT2D eigenvalue weighted by Gasteiger charge is 2.34. The summed E-state index contributed by atoms with van der Waals surface area (Å²) in [7, 11) is 1.82. The number of hydrogen-bond donors (Lipinski definition) is 1. The topological polar surface area (TPSA) is 53.6 Å². The van der Waals surface area contributed by atoms with E-state index in [4.69, 9.17) is 9.47 Å². The molecule has 0 spiro atoms. The fourth-order valence-corrected chi connectivity index (χ4v) is 4.42. The van der Waals surface area contributed by atoms with Gasteiger partial charge in [0.15, 0.2) is 0 Å². The molecule has 2 aliphatic rings. The normalized spacial score (nSPS) is 24.5. The van der Waals surface area contributed by atoms with E-state index in [2.05, 4.69) is 44.3 Å². The van der Waals surface area contributed by atoms with Crippen LogP contribution in [-0.4, -0.2) is 79.7 Å². The second kappa shape index (κ2) is 8.97. The van der Waals surface area contributed by atoms with Crippen molar-refractivity contribution in [1.29, 1.82) is 0 Å². The molecule has 1 aromatic heterocycles. The lowest BCUT2D eigenvalue weighted by atomic mass is 9.96. The van der Waals surface area contributed by atoms with Crippen LogP contribution in [0.15, 0.2) is 36.5 Å². The van der Waals surface area contributed by atoms with Gasteiger partial charge < -0.3 is 9.47 Å². The molecule has 2 fully saturated rings. The van der Waals surface area contributed by atoms with Gasteiger partial charge in [0.25, 0.3) is 0 Å². The van der Waals surface area contributed by atoms with E-state index in [0.717, 1.165) is 64.8 Å². The maximum Gasteiger partial charge on any atom is 0.0695 e. The third-order valence-corrected chi connectivity index (χ3v) is 5.80. The molecule has 4 rings (SSSR count). The summed E-state index contributed by atoms with van der Waals surface area (Å²) in [4.78, 5) is 5.11. The number of ether oxygens (including phenoxy) is 2. The zero-order chi connectivity index (χ0) is 18.5. The molecule has 2 aliphatic heterocycles. The van der Waals surface area contributed by atoms with E-state index in [1.165, 1.54) is 11.1 Å². The van der Waals surface area contributed by atoms with Crippen molar-refractivity contribution in [3.63, 3.8) is 0 Å². The number of benzene rings is 1. The molecule has 0 saturated carbocycles. The number of methoxy groups -OCH3 is 1. The molecule has 6 nitrogen and oxygen atoms in total. The molecule has 3 heterocycles. The van der Waals surface area contributed by atoms with Crippen molar-refractivity contribution in [2.24, 2.45) is 11.8 Å². The first kappa shape index (κ1) is 18.6. The van der Waals surface area contributed by atoms with Crippen LogP contribution >= 0.6 is 0 Å². The third kappa shape index (κ3) is 4.58. The van der Waals surface area contributed by atoms with Gasteiger partial charge in [0.05, 0.1) is 31.7 Å². The molecule has 1 N–H and O–H groups in total. The molecule has 146 valence electrons. The van der Waals surface area contributed by atoms with Crippen molar-refractivity contribution in [2.45, 2.75) is 6.54 Å². The van der Waals surface area contributed by atoms with Gasteiger partial charge >= 0.3 is 0 Å². The fourth-order valence-electron chi connectivity index (χ4n) is 4.42. The Bertz CT molecular complexity index is 699.